The topological polar surface area (TPSA) is 40.6 Å². The number of piperazine rings is 1. The zero-order valence-corrected chi connectivity index (χ0v) is 15.1. The molecular weight excluding hydrogens is 352 g/mol. The van der Waals surface area contributed by atoms with Crippen molar-refractivity contribution in [2.45, 2.75) is 27.2 Å². The third-order valence-corrected chi connectivity index (χ3v) is 5.06. The molecule has 2 amide bonds. The first-order valence-corrected chi connectivity index (χ1v) is 8.74. The van der Waals surface area contributed by atoms with Crippen molar-refractivity contribution in [1.82, 2.24) is 9.80 Å². The van der Waals surface area contributed by atoms with Crippen LogP contribution in [0.2, 0.25) is 0 Å². The largest absolute Gasteiger partial charge is 0.339 e. The molecule has 1 aromatic heterocycles. The maximum absolute atomic E-state index is 12.3. The van der Waals surface area contributed by atoms with Gasteiger partial charge in [-0.25, -0.2) is 0 Å². The molecule has 0 spiro atoms. The van der Waals surface area contributed by atoms with E-state index < -0.39 is 0 Å². The average molecular weight is 373 g/mol. The highest BCUT2D eigenvalue weighted by Crippen LogP contribution is 2.23. The van der Waals surface area contributed by atoms with Crippen molar-refractivity contribution in [3.63, 3.8) is 0 Å². The second kappa shape index (κ2) is 6.48. The summed E-state index contributed by atoms with van der Waals surface area (Å²) in [4.78, 5) is 29.0. The molecule has 0 saturated carbocycles. The molecule has 0 unspecified atom stereocenters. The third-order valence-electron chi connectivity index (χ3n) is 3.38. The molecule has 1 saturated heterocycles. The SMILES string of the molecule is CC(C)(C)CC(=O)N1CCN(C(=O)c2cc(Br)cs2)CC1. The number of thiophene rings is 1. The molecule has 0 aromatic carbocycles. The minimum Gasteiger partial charge on any atom is -0.339 e. The Morgan fingerprint density at radius 1 is 1.19 bits per heavy atom. The number of hydrogen-bond donors (Lipinski definition) is 0. The van der Waals surface area contributed by atoms with Gasteiger partial charge in [-0.2, -0.15) is 0 Å². The summed E-state index contributed by atoms with van der Waals surface area (Å²) in [5.41, 5.74) is 0.00722. The van der Waals surface area contributed by atoms with E-state index in [0.29, 0.717) is 32.6 Å². The highest BCUT2D eigenvalue weighted by molar-refractivity contribution is 9.10. The van der Waals surface area contributed by atoms with Crippen molar-refractivity contribution >= 4 is 39.1 Å². The van der Waals surface area contributed by atoms with Gasteiger partial charge < -0.3 is 9.80 Å². The lowest BCUT2D eigenvalue weighted by atomic mass is 9.91. The van der Waals surface area contributed by atoms with Gasteiger partial charge in [-0.3, -0.25) is 9.59 Å². The van der Waals surface area contributed by atoms with E-state index in [1.54, 1.807) is 0 Å². The van der Waals surface area contributed by atoms with Crippen LogP contribution in [0.5, 0.6) is 0 Å². The molecule has 2 heterocycles. The molecule has 4 nitrogen and oxygen atoms in total. The average Bonchev–Trinajstić information content (AvgIpc) is 2.83. The molecule has 1 aliphatic rings. The van der Waals surface area contributed by atoms with Gasteiger partial charge in [0.25, 0.3) is 5.91 Å². The van der Waals surface area contributed by atoms with Gasteiger partial charge in [0.15, 0.2) is 0 Å². The first-order valence-electron chi connectivity index (χ1n) is 7.07. The van der Waals surface area contributed by atoms with Crippen molar-refractivity contribution < 1.29 is 9.59 Å². The Morgan fingerprint density at radius 2 is 1.76 bits per heavy atom. The molecule has 0 atom stereocenters. The predicted octanol–water partition coefficient (Wildman–Crippen LogP) is 3.23. The lowest BCUT2D eigenvalue weighted by molar-refractivity contribution is -0.134. The first kappa shape index (κ1) is 16.5. The van der Waals surface area contributed by atoms with Crippen LogP contribution in [0.25, 0.3) is 0 Å². The van der Waals surface area contributed by atoms with Gasteiger partial charge in [-0.1, -0.05) is 20.8 Å². The van der Waals surface area contributed by atoms with Crippen LogP contribution in [0.1, 0.15) is 36.9 Å². The summed E-state index contributed by atoms with van der Waals surface area (Å²) >= 11 is 4.82. The molecule has 0 aliphatic carbocycles. The van der Waals surface area contributed by atoms with Gasteiger partial charge in [0.1, 0.15) is 0 Å². The quantitative estimate of drug-likeness (QED) is 0.799. The number of hydrogen-bond acceptors (Lipinski definition) is 3. The summed E-state index contributed by atoms with van der Waals surface area (Å²) in [5, 5.41) is 1.91. The smallest absolute Gasteiger partial charge is 0.264 e. The van der Waals surface area contributed by atoms with Gasteiger partial charge in [0, 0.05) is 42.5 Å². The highest BCUT2D eigenvalue weighted by Gasteiger charge is 2.27. The van der Waals surface area contributed by atoms with Crippen LogP contribution in [0, 0.1) is 5.41 Å². The monoisotopic (exact) mass is 372 g/mol. The molecule has 2 rings (SSSR count). The minimum absolute atomic E-state index is 0.00722. The lowest BCUT2D eigenvalue weighted by Gasteiger charge is -2.35. The van der Waals surface area contributed by atoms with Crippen molar-refractivity contribution in [2.75, 3.05) is 26.2 Å². The van der Waals surface area contributed by atoms with Crippen LogP contribution in [0.15, 0.2) is 15.9 Å². The molecule has 0 radical (unpaired) electrons. The molecule has 0 bridgehead atoms. The fraction of sp³-hybridized carbons (Fsp3) is 0.600. The number of rotatable bonds is 2. The van der Waals surface area contributed by atoms with E-state index in [1.165, 1.54) is 11.3 Å². The third kappa shape index (κ3) is 4.54. The van der Waals surface area contributed by atoms with Crippen LogP contribution in [0.4, 0.5) is 0 Å². The van der Waals surface area contributed by atoms with Gasteiger partial charge in [-0.05, 0) is 27.4 Å². The van der Waals surface area contributed by atoms with Crippen LogP contribution >= 0.6 is 27.3 Å². The summed E-state index contributed by atoms with van der Waals surface area (Å²) in [6.45, 7) is 8.70. The predicted molar refractivity (Wildman–Crippen MR) is 88.6 cm³/mol. The molecule has 1 fully saturated rings. The number of halogens is 1. The summed E-state index contributed by atoms with van der Waals surface area (Å²) in [5.74, 6) is 0.252. The Bertz CT molecular complexity index is 528. The van der Waals surface area contributed by atoms with E-state index in [4.69, 9.17) is 0 Å². The van der Waals surface area contributed by atoms with E-state index in [2.05, 4.69) is 36.7 Å². The standard InChI is InChI=1S/C15H21BrN2O2S/c1-15(2,3)9-13(19)17-4-6-18(7-5-17)14(20)12-8-11(16)10-21-12/h8,10H,4-7,9H2,1-3H3. The van der Waals surface area contributed by atoms with Crippen LogP contribution < -0.4 is 0 Å². The maximum Gasteiger partial charge on any atom is 0.264 e. The number of nitrogens with zero attached hydrogens (tertiary/aromatic N) is 2. The molecule has 1 aromatic rings. The second-order valence-electron chi connectivity index (χ2n) is 6.54. The lowest BCUT2D eigenvalue weighted by Crippen LogP contribution is -2.51. The molecule has 0 N–H and O–H groups in total. The fourth-order valence-electron chi connectivity index (χ4n) is 2.31. The van der Waals surface area contributed by atoms with Gasteiger partial charge >= 0.3 is 0 Å². The Kier molecular flexibility index (Phi) is 5.09. The van der Waals surface area contributed by atoms with Gasteiger partial charge in [-0.15, -0.1) is 11.3 Å². The minimum atomic E-state index is 0.00722. The van der Waals surface area contributed by atoms with E-state index >= 15 is 0 Å². The van der Waals surface area contributed by atoms with Crippen molar-refractivity contribution in [3.8, 4) is 0 Å². The Balaban J connectivity index is 1.88. The van der Waals surface area contributed by atoms with Gasteiger partial charge in [0.2, 0.25) is 5.91 Å². The molecule has 21 heavy (non-hydrogen) atoms. The normalized spacial score (nSPS) is 16.2. The van der Waals surface area contributed by atoms with Gasteiger partial charge in [0.05, 0.1) is 4.88 Å². The number of amides is 2. The summed E-state index contributed by atoms with van der Waals surface area (Å²) in [6, 6.07) is 1.85. The zero-order chi connectivity index (χ0) is 15.6. The van der Waals surface area contributed by atoms with Crippen molar-refractivity contribution in [1.29, 1.82) is 0 Å². The zero-order valence-electron chi connectivity index (χ0n) is 12.7. The summed E-state index contributed by atoms with van der Waals surface area (Å²) in [6.07, 6.45) is 0.554. The van der Waals surface area contributed by atoms with Crippen molar-refractivity contribution in [3.05, 3.63) is 20.8 Å². The molecule has 1 aliphatic heterocycles. The highest BCUT2D eigenvalue weighted by atomic mass is 79.9. The second-order valence-corrected chi connectivity index (χ2v) is 8.37. The van der Waals surface area contributed by atoms with Crippen LogP contribution in [-0.2, 0) is 4.79 Å². The van der Waals surface area contributed by atoms with Crippen molar-refractivity contribution in [2.24, 2.45) is 5.41 Å². The summed E-state index contributed by atoms with van der Waals surface area (Å²) < 4.78 is 0.940. The van der Waals surface area contributed by atoms with E-state index in [9.17, 15) is 9.59 Å². The summed E-state index contributed by atoms with van der Waals surface area (Å²) in [7, 11) is 0. The molecule has 116 valence electrons. The maximum atomic E-state index is 12.3. The van der Waals surface area contributed by atoms with E-state index in [-0.39, 0.29) is 17.2 Å². The Hall–Kier alpha value is -0.880. The Morgan fingerprint density at radius 3 is 2.24 bits per heavy atom. The Labute approximate surface area is 138 Å². The fourth-order valence-corrected chi connectivity index (χ4v) is 3.70. The van der Waals surface area contributed by atoms with E-state index in [0.717, 1.165) is 9.35 Å². The van der Waals surface area contributed by atoms with Crippen LogP contribution in [0.3, 0.4) is 0 Å². The van der Waals surface area contributed by atoms with Crippen LogP contribution in [-0.4, -0.2) is 47.8 Å². The molecular formula is C15H21BrN2O2S. The number of carbonyl (C=O) groups excluding carboxylic acids is 2. The first-order chi connectivity index (χ1) is 9.76. The molecule has 6 heteroatoms. The number of carbonyl (C=O) groups is 2. The van der Waals surface area contributed by atoms with E-state index in [1.807, 2.05) is 21.2 Å².